The number of rotatable bonds is 7. The molecule has 5 nitrogen and oxygen atoms in total. The van der Waals surface area contributed by atoms with Crippen LogP contribution >= 0.6 is 0 Å². The van der Waals surface area contributed by atoms with Crippen molar-refractivity contribution in [1.29, 1.82) is 0 Å². The molecular formula is C21H27N3O2. The Bertz CT molecular complexity index is 741. The second kappa shape index (κ2) is 9.25. The third kappa shape index (κ3) is 4.99. The largest absolute Gasteiger partial charge is 0.491 e. The SMILES string of the molecule is COCCOc1ccc(CN=C(N)Nc2cccc3c2CCCC3)cc1. The molecule has 138 valence electrons. The minimum absolute atomic E-state index is 0.449. The minimum Gasteiger partial charge on any atom is -0.491 e. The molecular weight excluding hydrogens is 326 g/mol. The van der Waals surface area contributed by atoms with Crippen LogP contribution in [-0.2, 0) is 24.1 Å². The molecule has 1 aliphatic rings. The zero-order valence-corrected chi connectivity index (χ0v) is 15.3. The van der Waals surface area contributed by atoms with Gasteiger partial charge in [0.15, 0.2) is 5.96 Å². The minimum atomic E-state index is 0.449. The Morgan fingerprint density at radius 1 is 1.08 bits per heavy atom. The van der Waals surface area contributed by atoms with Gasteiger partial charge in [0, 0.05) is 12.8 Å². The summed E-state index contributed by atoms with van der Waals surface area (Å²) >= 11 is 0. The Labute approximate surface area is 155 Å². The standard InChI is InChI=1S/C21H27N3O2/c1-25-13-14-26-18-11-9-16(10-12-18)15-23-21(22)24-20-8-4-6-17-5-2-3-7-19(17)20/h4,6,8-12H,2-3,5,7,13-15H2,1H3,(H3,22,23,24). The van der Waals surface area contributed by atoms with Crippen LogP contribution in [0.1, 0.15) is 29.5 Å². The summed E-state index contributed by atoms with van der Waals surface area (Å²) < 4.78 is 10.5. The monoisotopic (exact) mass is 353 g/mol. The number of ether oxygens (including phenoxy) is 2. The Kier molecular flexibility index (Phi) is 6.50. The van der Waals surface area contributed by atoms with E-state index in [0.29, 0.717) is 25.7 Å². The predicted octanol–water partition coefficient (Wildman–Crippen LogP) is 3.52. The van der Waals surface area contributed by atoms with E-state index in [4.69, 9.17) is 15.2 Å². The summed E-state index contributed by atoms with van der Waals surface area (Å²) in [5.74, 6) is 1.28. The van der Waals surface area contributed by atoms with Crippen LogP contribution in [0, 0.1) is 0 Å². The van der Waals surface area contributed by atoms with Gasteiger partial charge in [-0.3, -0.25) is 0 Å². The molecule has 0 saturated heterocycles. The molecule has 0 amide bonds. The lowest BCUT2D eigenvalue weighted by Gasteiger charge is -2.19. The van der Waals surface area contributed by atoms with Crippen molar-refractivity contribution in [2.75, 3.05) is 25.6 Å². The average molecular weight is 353 g/mol. The highest BCUT2D eigenvalue weighted by atomic mass is 16.5. The van der Waals surface area contributed by atoms with Crippen LogP contribution in [-0.4, -0.2) is 26.3 Å². The van der Waals surface area contributed by atoms with Crippen LogP contribution in [0.3, 0.4) is 0 Å². The molecule has 0 fully saturated rings. The summed E-state index contributed by atoms with van der Waals surface area (Å²) in [6.07, 6.45) is 4.77. The van der Waals surface area contributed by atoms with E-state index >= 15 is 0 Å². The van der Waals surface area contributed by atoms with Gasteiger partial charge >= 0.3 is 0 Å². The highest BCUT2D eigenvalue weighted by Crippen LogP contribution is 2.27. The van der Waals surface area contributed by atoms with Gasteiger partial charge in [-0.15, -0.1) is 0 Å². The lowest BCUT2D eigenvalue weighted by atomic mass is 9.90. The van der Waals surface area contributed by atoms with E-state index in [1.807, 2.05) is 24.3 Å². The van der Waals surface area contributed by atoms with Crippen molar-refractivity contribution in [3.05, 3.63) is 59.2 Å². The maximum Gasteiger partial charge on any atom is 0.193 e. The molecule has 0 aliphatic heterocycles. The molecule has 0 saturated carbocycles. The average Bonchev–Trinajstić information content (AvgIpc) is 2.68. The summed E-state index contributed by atoms with van der Waals surface area (Å²) in [5.41, 5.74) is 11.1. The Balaban J connectivity index is 1.57. The maximum atomic E-state index is 6.10. The normalized spacial score (nSPS) is 14.0. The van der Waals surface area contributed by atoms with E-state index < -0.39 is 0 Å². The van der Waals surface area contributed by atoms with Gasteiger partial charge in [0.1, 0.15) is 12.4 Å². The molecule has 1 aliphatic carbocycles. The molecule has 0 unspecified atom stereocenters. The highest BCUT2D eigenvalue weighted by molar-refractivity contribution is 5.93. The van der Waals surface area contributed by atoms with Crippen molar-refractivity contribution in [2.45, 2.75) is 32.2 Å². The highest BCUT2D eigenvalue weighted by Gasteiger charge is 2.13. The molecule has 0 radical (unpaired) electrons. The number of nitrogens with one attached hydrogen (secondary N) is 1. The van der Waals surface area contributed by atoms with Gasteiger partial charge < -0.3 is 20.5 Å². The number of aryl methyl sites for hydroxylation is 1. The molecule has 0 heterocycles. The van der Waals surface area contributed by atoms with Gasteiger partial charge in [-0.2, -0.15) is 0 Å². The second-order valence-corrected chi connectivity index (χ2v) is 6.46. The topological polar surface area (TPSA) is 68.9 Å². The van der Waals surface area contributed by atoms with Crippen molar-refractivity contribution >= 4 is 11.6 Å². The number of benzene rings is 2. The summed E-state index contributed by atoms with van der Waals surface area (Å²) in [4.78, 5) is 4.47. The smallest absolute Gasteiger partial charge is 0.193 e. The van der Waals surface area contributed by atoms with Crippen molar-refractivity contribution in [2.24, 2.45) is 10.7 Å². The third-order valence-corrected chi connectivity index (χ3v) is 4.57. The van der Waals surface area contributed by atoms with Gasteiger partial charge in [-0.1, -0.05) is 24.3 Å². The number of nitrogens with zero attached hydrogens (tertiary/aromatic N) is 1. The molecule has 0 spiro atoms. The number of methoxy groups -OCH3 is 1. The van der Waals surface area contributed by atoms with Crippen LogP contribution in [0.15, 0.2) is 47.5 Å². The predicted molar refractivity (Wildman–Crippen MR) is 106 cm³/mol. The van der Waals surface area contributed by atoms with E-state index in [2.05, 4.69) is 28.5 Å². The number of fused-ring (bicyclic) bond motifs is 1. The molecule has 26 heavy (non-hydrogen) atoms. The Hall–Kier alpha value is -2.53. The van der Waals surface area contributed by atoms with Crippen molar-refractivity contribution in [3.8, 4) is 5.75 Å². The quantitative estimate of drug-likeness (QED) is 0.454. The van der Waals surface area contributed by atoms with E-state index in [1.54, 1.807) is 7.11 Å². The molecule has 3 rings (SSSR count). The first-order chi connectivity index (χ1) is 12.8. The summed E-state index contributed by atoms with van der Waals surface area (Å²) in [6, 6.07) is 14.3. The lowest BCUT2D eigenvalue weighted by Crippen LogP contribution is -2.24. The summed E-state index contributed by atoms with van der Waals surface area (Å²) in [7, 11) is 1.66. The molecule has 0 aromatic heterocycles. The first-order valence-electron chi connectivity index (χ1n) is 9.14. The summed E-state index contributed by atoms with van der Waals surface area (Å²) in [5, 5.41) is 3.28. The van der Waals surface area contributed by atoms with Crippen molar-refractivity contribution in [3.63, 3.8) is 0 Å². The van der Waals surface area contributed by atoms with Crippen LogP contribution in [0.25, 0.3) is 0 Å². The van der Waals surface area contributed by atoms with Gasteiger partial charge in [0.05, 0.1) is 13.2 Å². The number of guanidine groups is 1. The molecule has 3 N–H and O–H groups in total. The fourth-order valence-electron chi connectivity index (χ4n) is 3.19. The number of anilines is 1. The van der Waals surface area contributed by atoms with Gasteiger partial charge in [-0.25, -0.2) is 4.99 Å². The second-order valence-electron chi connectivity index (χ2n) is 6.46. The third-order valence-electron chi connectivity index (χ3n) is 4.57. The zero-order valence-electron chi connectivity index (χ0n) is 15.3. The first-order valence-corrected chi connectivity index (χ1v) is 9.14. The Morgan fingerprint density at radius 3 is 2.69 bits per heavy atom. The molecule has 0 bridgehead atoms. The van der Waals surface area contributed by atoms with Crippen LogP contribution in [0.5, 0.6) is 5.75 Å². The van der Waals surface area contributed by atoms with Gasteiger partial charge in [0.2, 0.25) is 0 Å². The van der Waals surface area contributed by atoms with Gasteiger partial charge in [0.25, 0.3) is 0 Å². The number of hydrogen-bond donors (Lipinski definition) is 2. The van der Waals surface area contributed by atoms with Gasteiger partial charge in [-0.05, 0) is 60.6 Å². The van der Waals surface area contributed by atoms with Crippen LogP contribution in [0.2, 0.25) is 0 Å². The molecule has 2 aromatic carbocycles. The summed E-state index contributed by atoms with van der Waals surface area (Å²) in [6.45, 7) is 1.66. The fourth-order valence-corrected chi connectivity index (χ4v) is 3.19. The number of hydrogen-bond acceptors (Lipinski definition) is 3. The molecule has 5 heteroatoms. The fraction of sp³-hybridized carbons (Fsp3) is 0.381. The van der Waals surface area contributed by atoms with E-state index in [0.717, 1.165) is 29.8 Å². The Morgan fingerprint density at radius 2 is 1.88 bits per heavy atom. The van der Waals surface area contributed by atoms with Crippen LogP contribution < -0.4 is 15.8 Å². The zero-order chi connectivity index (χ0) is 18.2. The van der Waals surface area contributed by atoms with E-state index in [1.165, 1.54) is 24.0 Å². The van der Waals surface area contributed by atoms with E-state index in [-0.39, 0.29) is 0 Å². The molecule has 0 atom stereocenters. The van der Waals surface area contributed by atoms with Crippen molar-refractivity contribution in [1.82, 2.24) is 0 Å². The lowest BCUT2D eigenvalue weighted by molar-refractivity contribution is 0.146. The van der Waals surface area contributed by atoms with E-state index in [9.17, 15) is 0 Å². The molecule has 2 aromatic rings. The first kappa shape index (κ1) is 18.3. The number of nitrogens with two attached hydrogens (primary N) is 1. The van der Waals surface area contributed by atoms with Crippen LogP contribution in [0.4, 0.5) is 5.69 Å². The van der Waals surface area contributed by atoms with Crippen molar-refractivity contribution < 1.29 is 9.47 Å². The maximum absolute atomic E-state index is 6.10. The number of aliphatic imine (C=N–C) groups is 1.